The number of aromatic nitrogens is 1. The number of esters is 1. The van der Waals surface area contributed by atoms with Crippen LogP contribution < -0.4 is 10.1 Å². The average Bonchev–Trinajstić information content (AvgIpc) is 2.74. The number of nitrogens with one attached hydrogen (secondary N) is 1. The molecule has 5 nitrogen and oxygen atoms in total. The molecule has 1 aromatic heterocycles. The number of halogens is 3. The predicted molar refractivity (Wildman–Crippen MR) is 60.8 cm³/mol. The topological polar surface area (TPSA) is 68.3 Å². The number of carbonyl (C=O) groups excluding carboxylic acids is 2. The summed E-state index contributed by atoms with van der Waals surface area (Å²) in [6.07, 6.45) is -4.10. The van der Waals surface area contributed by atoms with Crippen molar-refractivity contribution in [1.29, 1.82) is 0 Å². The summed E-state index contributed by atoms with van der Waals surface area (Å²) >= 11 is 0. The Hall–Kier alpha value is -2.12. The zero-order valence-electron chi connectivity index (χ0n) is 10.5. The second-order valence-electron chi connectivity index (χ2n) is 4.41. The molecule has 1 atom stereocenters. The lowest BCUT2D eigenvalue weighted by molar-refractivity contribution is -0.140. The van der Waals surface area contributed by atoms with Crippen molar-refractivity contribution in [3.63, 3.8) is 0 Å². The van der Waals surface area contributed by atoms with Gasteiger partial charge in [-0.2, -0.15) is 13.2 Å². The fourth-order valence-corrected chi connectivity index (χ4v) is 1.82. The van der Waals surface area contributed by atoms with Crippen LogP contribution in [0.4, 0.5) is 13.2 Å². The minimum Gasteiger partial charge on any atom is -0.406 e. The fourth-order valence-electron chi connectivity index (χ4n) is 1.82. The number of alkyl halides is 3. The summed E-state index contributed by atoms with van der Waals surface area (Å²) in [6, 6.07) is 0.676. The van der Waals surface area contributed by atoms with E-state index >= 15 is 0 Å². The van der Waals surface area contributed by atoms with Crippen LogP contribution in [-0.4, -0.2) is 22.9 Å². The lowest BCUT2D eigenvalue weighted by Gasteiger charge is -2.12. The molecule has 1 aliphatic rings. The van der Waals surface area contributed by atoms with E-state index in [0.717, 1.165) is 6.07 Å². The van der Waals surface area contributed by atoms with E-state index in [2.05, 4.69) is 10.3 Å². The molecule has 0 bridgehead atoms. The number of hydrogen-bond donors (Lipinski definition) is 1. The Labute approximate surface area is 112 Å². The normalized spacial score (nSPS) is 18.8. The van der Waals surface area contributed by atoms with Crippen molar-refractivity contribution >= 4 is 11.9 Å². The smallest absolute Gasteiger partial charge is 0.406 e. The van der Waals surface area contributed by atoms with E-state index in [-0.39, 0.29) is 24.4 Å². The molecule has 1 amide bonds. The first-order valence-electron chi connectivity index (χ1n) is 5.82. The molecule has 0 unspecified atom stereocenters. The second kappa shape index (κ2) is 5.10. The van der Waals surface area contributed by atoms with Gasteiger partial charge in [0.15, 0.2) is 0 Å². The average molecular weight is 288 g/mol. The standard InChI is InChI=1S/C12H11F3N2O3/c1-6-4-7(12(13,14)15)5-10(16-6)20-11(19)8-2-3-9(18)17-8/h4-5,8H,2-3H2,1H3,(H,17,18)/t8-/m0/s1. The summed E-state index contributed by atoms with van der Waals surface area (Å²) in [5, 5.41) is 2.37. The lowest BCUT2D eigenvalue weighted by atomic mass is 10.2. The Bertz CT molecular complexity index is 557. The molecule has 1 aromatic rings. The van der Waals surface area contributed by atoms with Crippen molar-refractivity contribution in [2.24, 2.45) is 0 Å². The van der Waals surface area contributed by atoms with Crippen LogP contribution in [0.25, 0.3) is 0 Å². The molecular weight excluding hydrogens is 277 g/mol. The second-order valence-corrected chi connectivity index (χ2v) is 4.41. The highest BCUT2D eigenvalue weighted by Crippen LogP contribution is 2.31. The zero-order valence-corrected chi connectivity index (χ0v) is 10.5. The van der Waals surface area contributed by atoms with Crippen LogP contribution in [0.1, 0.15) is 24.1 Å². The number of aryl methyl sites for hydroxylation is 1. The van der Waals surface area contributed by atoms with E-state index in [1.165, 1.54) is 6.92 Å². The van der Waals surface area contributed by atoms with Crippen molar-refractivity contribution in [2.45, 2.75) is 32.0 Å². The number of amides is 1. The summed E-state index contributed by atoms with van der Waals surface area (Å²) in [6.45, 7) is 1.37. The van der Waals surface area contributed by atoms with Crippen LogP contribution in [0.15, 0.2) is 12.1 Å². The molecule has 0 saturated carbocycles. The largest absolute Gasteiger partial charge is 0.416 e. The van der Waals surface area contributed by atoms with Crippen molar-refractivity contribution in [1.82, 2.24) is 10.3 Å². The monoisotopic (exact) mass is 288 g/mol. The highest BCUT2D eigenvalue weighted by atomic mass is 19.4. The SMILES string of the molecule is Cc1cc(C(F)(F)F)cc(OC(=O)[C@@H]2CCC(=O)N2)n1. The maximum Gasteiger partial charge on any atom is 0.416 e. The van der Waals surface area contributed by atoms with E-state index in [4.69, 9.17) is 4.74 Å². The van der Waals surface area contributed by atoms with Crippen LogP contribution in [-0.2, 0) is 15.8 Å². The number of hydrogen-bond acceptors (Lipinski definition) is 4. The van der Waals surface area contributed by atoms with Gasteiger partial charge in [0.25, 0.3) is 0 Å². The molecule has 0 aliphatic carbocycles. The van der Waals surface area contributed by atoms with Crippen LogP contribution in [0.5, 0.6) is 5.88 Å². The first-order chi connectivity index (χ1) is 9.25. The van der Waals surface area contributed by atoms with Crippen molar-refractivity contribution < 1.29 is 27.5 Å². The van der Waals surface area contributed by atoms with E-state index in [1.807, 2.05) is 0 Å². The summed E-state index contributed by atoms with van der Waals surface area (Å²) < 4.78 is 42.6. The third-order valence-electron chi connectivity index (χ3n) is 2.74. The molecule has 0 aromatic carbocycles. The molecule has 1 fully saturated rings. The van der Waals surface area contributed by atoms with Gasteiger partial charge in [0.2, 0.25) is 11.8 Å². The minimum absolute atomic E-state index is 0.0816. The molecule has 1 aliphatic heterocycles. The minimum atomic E-state index is -4.55. The van der Waals surface area contributed by atoms with Gasteiger partial charge in [0.05, 0.1) is 5.56 Å². The van der Waals surface area contributed by atoms with Crippen molar-refractivity contribution in [3.8, 4) is 5.88 Å². The van der Waals surface area contributed by atoms with Gasteiger partial charge in [-0.25, -0.2) is 9.78 Å². The molecular formula is C12H11F3N2O3. The summed E-state index contributed by atoms with van der Waals surface area (Å²) in [4.78, 5) is 26.4. The fraction of sp³-hybridized carbons (Fsp3) is 0.417. The van der Waals surface area contributed by atoms with Gasteiger partial charge in [0.1, 0.15) is 6.04 Å². The maximum atomic E-state index is 12.6. The number of ether oxygens (including phenoxy) is 1. The van der Waals surface area contributed by atoms with Crippen molar-refractivity contribution in [3.05, 3.63) is 23.4 Å². The van der Waals surface area contributed by atoms with Crippen LogP contribution in [0.3, 0.4) is 0 Å². The number of pyridine rings is 1. The molecule has 0 radical (unpaired) electrons. The van der Waals surface area contributed by atoms with Gasteiger partial charge in [0, 0.05) is 18.2 Å². The summed E-state index contributed by atoms with van der Waals surface area (Å²) in [5.74, 6) is -1.54. The van der Waals surface area contributed by atoms with E-state index in [0.29, 0.717) is 6.07 Å². The maximum absolute atomic E-state index is 12.6. The number of nitrogens with zero attached hydrogens (tertiary/aromatic N) is 1. The molecule has 0 spiro atoms. The Morgan fingerprint density at radius 3 is 2.70 bits per heavy atom. The molecule has 2 heterocycles. The zero-order chi connectivity index (χ0) is 14.9. The van der Waals surface area contributed by atoms with Gasteiger partial charge < -0.3 is 10.1 Å². The first-order valence-corrected chi connectivity index (χ1v) is 5.82. The van der Waals surface area contributed by atoms with E-state index in [1.54, 1.807) is 0 Å². The molecule has 8 heteroatoms. The highest BCUT2D eigenvalue weighted by molar-refractivity contribution is 5.88. The molecule has 2 rings (SSSR count). The highest BCUT2D eigenvalue weighted by Gasteiger charge is 2.33. The molecule has 108 valence electrons. The Morgan fingerprint density at radius 1 is 1.45 bits per heavy atom. The number of carbonyl (C=O) groups is 2. The number of rotatable bonds is 2. The van der Waals surface area contributed by atoms with E-state index in [9.17, 15) is 22.8 Å². The summed E-state index contributed by atoms with van der Waals surface area (Å²) in [5.41, 5.74) is -0.860. The third kappa shape index (κ3) is 3.25. The van der Waals surface area contributed by atoms with Gasteiger partial charge in [-0.05, 0) is 19.4 Å². The van der Waals surface area contributed by atoms with Crippen LogP contribution in [0, 0.1) is 6.92 Å². The van der Waals surface area contributed by atoms with Crippen molar-refractivity contribution in [2.75, 3.05) is 0 Å². The molecule has 20 heavy (non-hydrogen) atoms. The van der Waals surface area contributed by atoms with Gasteiger partial charge in [-0.15, -0.1) is 0 Å². The summed E-state index contributed by atoms with van der Waals surface area (Å²) in [7, 11) is 0. The third-order valence-corrected chi connectivity index (χ3v) is 2.74. The van der Waals surface area contributed by atoms with Gasteiger partial charge in [-0.3, -0.25) is 4.79 Å². The predicted octanol–water partition coefficient (Wildman–Crippen LogP) is 1.59. The molecule has 1 saturated heterocycles. The Kier molecular flexibility index (Phi) is 3.65. The van der Waals surface area contributed by atoms with Gasteiger partial charge in [-0.1, -0.05) is 0 Å². The Morgan fingerprint density at radius 2 is 2.15 bits per heavy atom. The van der Waals surface area contributed by atoms with Crippen LogP contribution >= 0.6 is 0 Å². The van der Waals surface area contributed by atoms with Crippen LogP contribution in [0.2, 0.25) is 0 Å². The van der Waals surface area contributed by atoms with E-state index < -0.39 is 29.6 Å². The first kappa shape index (κ1) is 14.3. The molecule has 1 N–H and O–H groups in total. The quantitative estimate of drug-likeness (QED) is 0.839. The van der Waals surface area contributed by atoms with Gasteiger partial charge >= 0.3 is 12.1 Å². The Balaban J connectivity index is 2.15. The lowest BCUT2D eigenvalue weighted by Crippen LogP contribution is -2.36.